The Bertz CT molecular complexity index is 984. The molecule has 2 aromatic rings. The van der Waals surface area contributed by atoms with Gasteiger partial charge < -0.3 is 14.7 Å². The zero-order valence-corrected chi connectivity index (χ0v) is 17.5. The molecular weight excluding hydrogens is 417 g/mol. The Morgan fingerprint density at radius 3 is 2.17 bits per heavy atom. The molecule has 1 amide bonds. The lowest BCUT2D eigenvalue weighted by Gasteiger charge is -2.18. The van der Waals surface area contributed by atoms with Gasteiger partial charge in [-0.05, 0) is 36.2 Å². The van der Waals surface area contributed by atoms with Gasteiger partial charge in [-0.25, -0.2) is 9.59 Å². The fraction of sp³-hybridized carbons (Fsp3) is 0.190. The summed E-state index contributed by atoms with van der Waals surface area (Å²) < 4.78 is 5.42. The van der Waals surface area contributed by atoms with E-state index in [-0.39, 0.29) is 16.1 Å². The molecular formula is C21H19Cl2NO5. The molecule has 2 aromatic carbocycles. The smallest absolute Gasteiger partial charge is 0.345 e. The molecule has 152 valence electrons. The van der Waals surface area contributed by atoms with Crippen LogP contribution in [0.5, 0.6) is 0 Å². The number of aliphatic carboxylic acids is 1. The molecule has 0 aliphatic carbocycles. The maximum absolute atomic E-state index is 12.6. The van der Waals surface area contributed by atoms with E-state index in [9.17, 15) is 19.5 Å². The number of carboxylic acids is 1. The summed E-state index contributed by atoms with van der Waals surface area (Å²) in [5.41, 5.74) is 0.101. The van der Waals surface area contributed by atoms with Crippen LogP contribution in [0.4, 0.5) is 0 Å². The van der Waals surface area contributed by atoms with Gasteiger partial charge in [-0.3, -0.25) is 4.79 Å². The van der Waals surface area contributed by atoms with E-state index in [4.69, 9.17) is 27.9 Å². The molecule has 0 aliphatic rings. The van der Waals surface area contributed by atoms with Gasteiger partial charge >= 0.3 is 11.9 Å². The number of carbonyl (C=O) groups is 3. The Hall–Kier alpha value is -2.83. The lowest BCUT2D eigenvalue weighted by Crippen LogP contribution is -2.29. The summed E-state index contributed by atoms with van der Waals surface area (Å²) >= 11 is 12.6. The molecule has 2 rings (SSSR count). The van der Waals surface area contributed by atoms with Crippen LogP contribution < -0.4 is 0 Å². The monoisotopic (exact) mass is 435 g/mol. The minimum atomic E-state index is -1.55. The van der Waals surface area contributed by atoms with E-state index >= 15 is 0 Å². The average Bonchev–Trinajstić information content (AvgIpc) is 2.68. The standard InChI is InChI=1S/C21H19Cl2NO5/c1-4-13-15(22)11-10-14(17(13)23)18(16(20(26)27)19(25)24(2)3)29-21(28)12-8-6-5-7-9-12/h5-11H,4H2,1-3H3,(H,26,27). The van der Waals surface area contributed by atoms with Gasteiger partial charge in [-0.2, -0.15) is 0 Å². The van der Waals surface area contributed by atoms with Gasteiger partial charge in [0, 0.05) is 24.7 Å². The highest BCUT2D eigenvalue weighted by atomic mass is 35.5. The Kier molecular flexibility index (Phi) is 7.42. The van der Waals surface area contributed by atoms with Crippen LogP contribution in [0.3, 0.4) is 0 Å². The molecule has 8 heteroatoms. The summed E-state index contributed by atoms with van der Waals surface area (Å²) in [5.74, 6) is -3.67. The molecule has 0 unspecified atom stereocenters. The van der Waals surface area contributed by atoms with Crippen LogP contribution in [-0.2, 0) is 20.7 Å². The summed E-state index contributed by atoms with van der Waals surface area (Å²) in [6.45, 7) is 1.82. The quantitative estimate of drug-likeness (QED) is 0.240. The first-order valence-corrected chi connectivity index (χ1v) is 9.38. The van der Waals surface area contributed by atoms with Crippen LogP contribution in [0.1, 0.15) is 28.4 Å². The largest absolute Gasteiger partial charge is 0.477 e. The minimum absolute atomic E-state index is 0.0878. The topological polar surface area (TPSA) is 83.9 Å². The van der Waals surface area contributed by atoms with E-state index in [0.29, 0.717) is 17.0 Å². The van der Waals surface area contributed by atoms with Crippen molar-refractivity contribution in [2.45, 2.75) is 13.3 Å². The third-order valence-electron chi connectivity index (χ3n) is 4.05. The number of benzene rings is 2. The molecule has 0 spiro atoms. The zero-order valence-electron chi connectivity index (χ0n) is 16.0. The summed E-state index contributed by atoms with van der Waals surface area (Å²) in [7, 11) is 2.78. The highest BCUT2D eigenvalue weighted by Gasteiger charge is 2.30. The number of amides is 1. The molecule has 0 radical (unpaired) electrons. The molecule has 29 heavy (non-hydrogen) atoms. The summed E-state index contributed by atoms with van der Waals surface area (Å²) in [6, 6.07) is 10.9. The third kappa shape index (κ3) is 4.96. The van der Waals surface area contributed by atoms with Crippen molar-refractivity contribution in [3.05, 3.63) is 74.8 Å². The molecule has 0 saturated carbocycles. The molecule has 1 N–H and O–H groups in total. The van der Waals surface area contributed by atoms with Gasteiger partial charge in [-0.1, -0.05) is 48.3 Å². The number of esters is 1. The number of hydrogen-bond donors (Lipinski definition) is 1. The number of carboxylic acid groups (broad SMARTS) is 1. The molecule has 0 heterocycles. The summed E-state index contributed by atoms with van der Waals surface area (Å²) in [4.78, 5) is 38.2. The van der Waals surface area contributed by atoms with Gasteiger partial charge in [0.25, 0.3) is 5.91 Å². The number of likely N-dealkylation sites (N-methyl/N-ethyl adjacent to an activating group) is 1. The highest BCUT2D eigenvalue weighted by Crippen LogP contribution is 2.35. The Morgan fingerprint density at radius 2 is 1.66 bits per heavy atom. The van der Waals surface area contributed by atoms with Crippen molar-refractivity contribution in [3.63, 3.8) is 0 Å². The second-order valence-electron chi connectivity index (χ2n) is 6.21. The van der Waals surface area contributed by atoms with Crippen LogP contribution in [0, 0.1) is 0 Å². The number of halogens is 2. The predicted octanol–water partition coefficient (Wildman–Crippen LogP) is 4.30. The van der Waals surface area contributed by atoms with Crippen molar-refractivity contribution in [2.75, 3.05) is 14.1 Å². The average molecular weight is 436 g/mol. The van der Waals surface area contributed by atoms with Crippen molar-refractivity contribution in [1.82, 2.24) is 4.90 Å². The molecule has 0 fully saturated rings. The summed E-state index contributed by atoms with van der Waals surface area (Å²) in [5, 5.41) is 10.2. The first-order valence-electron chi connectivity index (χ1n) is 8.62. The summed E-state index contributed by atoms with van der Waals surface area (Å²) in [6.07, 6.45) is 0.454. The number of hydrogen-bond acceptors (Lipinski definition) is 4. The van der Waals surface area contributed by atoms with E-state index in [2.05, 4.69) is 0 Å². The third-order valence-corrected chi connectivity index (χ3v) is 4.84. The first kappa shape index (κ1) is 22.5. The normalized spacial score (nSPS) is 11.5. The number of rotatable bonds is 6. The van der Waals surface area contributed by atoms with Crippen LogP contribution in [0.15, 0.2) is 48.0 Å². The Labute approximate surface area is 178 Å². The molecule has 0 aromatic heterocycles. The van der Waals surface area contributed by atoms with E-state index in [0.717, 1.165) is 4.90 Å². The number of nitrogens with zero attached hydrogens (tertiary/aromatic N) is 1. The van der Waals surface area contributed by atoms with Crippen LogP contribution in [0.2, 0.25) is 10.0 Å². The van der Waals surface area contributed by atoms with E-state index in [1.165, 1.54) is 38.4 Å². The Morgan fingerprint density at radius 1 is 1.03 bits per heavy atom. The van der Waals surface area contributed by atoms with Gasteiger partial charge in [-0.15, -0.1) is 0 Å². The molecule has 0 saturated heterocycles. The van der Waals surface area contributed by atoms with E-state index in [1.54, 1.807) is 18.2 Å². The number of ether oxygens (including phenoxy) is 1. The maximum atomic E-state index is 12.6. The fourth-order valence-electron chi connectivity index (χ4n) is 2.57. The van der Waals surface area contributed by atoms with Gasteiger partial charge in [0.1, 0.15) is 0 Å². The maximum Gasteiger partial charge on any atom is 0.345 e. The van der Waals surface area contributed by atoms with E-state index in [1.807, 2.05) is 6.92 Å². The first-order chi connectivity index (χ1) is 13.7. The minimum Gasteiger partial charge on any atom is -0.477 e. The van der Waals surface area contributed by atoms with Gasteiger partial charge in [0.15, 0.2) is 11.3 Å². The van der Waals surface area contributed by atoms with Crippen molar-refractivity contribution in [1.29, 1.82) is 0 Å². The lowest BCUT2D eigenvalue weighted by atomic mass is 10.0. The van der Waals surface area contributed by atoms with Gasteiger partial charge in [0.05, 0.1) is 10.6 Å². The van der Waals surface area contributed by atoms with Crippen LogP contribution >= 0.6 is 23.2 Å². The predicted molar refractivity (Wildman–Crippen MR) is 111 cm³/mol. The molecule has 6 nitrogen and oxygen atoms in total. The van der Waals surface area contributed by atoms with Gasteiger partial charge in [0.2, 0.25) is 0 Å². The lowest BCUT2D eigenvalue weighted by molar-refractivity contribution is -0.136. The van der Waals surface area contributed by atoms with Crippen LogP contribution in [-0.4, -0.2) is 41.9 Å². The Balaban J connectivity index is 2.75. The second kappa shape index (κ2) is 9.58. The molecule has 0 bridgehead atoms. The number of carbonyl (C=O) groups excluding carboxylic acids is 2. The van der Waals surface area contributed by atoms with Crippen molar-refractivity contribution in [2.24, 2.45) is 0 Å². The molecule has 0 atom stereocenters. The van der Waals surface area contributed by atoms with E-state index < -0.39 is 29.2 Å². The zero-order chi connectivity index (χ0) is 21.7. The highest BCUT2D eigenvalue weighted by molar-refractivity contribution is 6.37. The van der Waals surface area contributed by atoms with Crippen molar-refractivity contribution < 1.29 is 24.2 Å². The molecule has 0 aliphatic heterocycles. The van der Waals surface area contributed by atoms with Crippen molar-refractivity contribution in [3.8, 4) is 0 Å². The fourth-order valence-corrected chi connectivity index (χ4v) is 3.30. The van der Waals surface area contributed by atoms with Crippen LogP contribution in [0.25, 0.3) is 5.76 Å². The van der Waals surface area contributed by atoms with Crippen molar-refractivity contribution >= 4 is 46.8 Å². The SMILES string of the molecule is CCc1c(Cl)ccc(C(OC(=O)c2ccccc2)=C(C(=O)O)C(=O)N(C)C)c1Cl. The second-order valence-corrected chi connectivity index (χ2v) is 6.99.